The van der Waals surface area contributed by atoms with Gasteiger partial charge in [0.15, 0.2) is 0 Å². The van der Waals surface area contributed by atoms with E-state index in [0.717, 1.165) is 10.5 Å². The zero-order chi connectivity index (χ0) is 14.5. The molecule has 5 heteroatoms. The summed E-state index contributed by atoms with van der Waals surface area (Å²) in [4.78, 5) is 1.15. The molecule has 0 saturated carbocycles. The number of methoxy groups -OCH3 is 1. The molecule has 3 N–H and O–H groups in total. The number of ether oxygens (including phenoxy) is 1. The Morgan fingerprint density at radius 2 is 1.90 bits per heavy atom. The lowest BCUT2D eigenvalue weighted by molar-refractivity contribution is 0.410. The lowest BCUT2D eigenvalue weighted by Crippen LogP contribution is -2.29. The molecule has 20 heavy (non-hydrogen) atoms. The molecule has 1 unspecified atom stereocenters. The minimum atomic E-state index is -0.392. The van der Waals surface area contributed by atoms with Crippen LogP contribution in [0.15, 0.2) is 47.4 Å². The van der Waals surface area contributed by atoms with Crippen LogP contribution >= 0.6 is 11.8 Å². The molecule has 0 fully saturated rings. The van der Waals surface area contributed by atoms with Crippen LogP contribution in [-0.4, -0.2) is 13.4 Å². The average Bonchev–Trinajstić information content (AvgIpc) is 2.50. The van der Waals surface area contributed by atoms with Crippen molar-refractivity contribution >= 4 is 11.8 Å². The van der Waals surface area contributed by atoms with Gasteiger partial charge in [-0.2, -0.15) is 0 Å². The van der Waals surface area contributed by atoms with Gasteiger partial charge in [0.25, 0.3) is 0 Å². The van der Waals surface area contributed by atoms with E-state index in [-0.39, 0.29) is 5.82 Å². The van der Waals surface area contributed by atoms with Crippen molar-refractivity contribution in [2.45, 2.75) is 10.9 Å². The van der Waals surface area contributed by atoms with Gasteiger partial charge in [0.2, 0.25) is 0 Å². The van der Waals surface area contributed by atoms with Crippen LogP contribution in [0.5, 0.6) is 5.75 Å². The molecule has 2 aromatic carbocycles. The van der Waals surface area contributed by atoms with Crippen molar-refractivity contribution in [3.8, 4) is 5.75 Å². The van der Waals surface area contributed by atoms with E-state index < -0.39 is 6.04 Å². The highest BCUT2D eigenvalue weighted by atomic mass is 32.2. The van der Waals surface area contributed by atoms with Crippen molar-refractivity contribution in [1.82, 2.24) is 5.43 Å². The highest BCUT2D eigenvalue weighted by Crippen LogP contribution is 2.27. The minimum absolute atomic E-state index is 0.346. The van der Waals surface area contributed by atoms with Gasteiger partial charge >= 0.3 is 0 Å². The number of halogens is 1. The Labute approximate surface area is 122 Å². The van der Waals surface area contributed by atoms with Gasteiger partial charge in [0.05, 0.1) is 13.2 Å². The van der Waals surface area contributed by atoms with Crippen LogP contribution in [-0.2, 0) is 0 Å². The van der Waals surface area contributed by atoms with Gasteiger partial charge in [-0.3, -0.25) is 5.84 Å². The smallest absolute Gasteiger partial charge is 0.132 e. The molecule has 0 saturated heterocycles. The molecule has 106 valence electrons. The van der Waals surface area contributed by atoms with E-state index >= 15 is 0 Å². The number of thioether (sulfide) groups is 1. The summed E-state index contributed by atoms with van der Waals surface area (Å²) in [6, 6.07) is 12.2. The van der Waals surface area contributed by atoms with Crippen LogP contribution in [0.1, 0.15) is 17.2 Å². The number of nitrogens with one attached hydrogen (secondary N) is 1. The highest BCUT2D eigenvalue weighted by molar-refractivity contribution is 7.98. The molecule has 2 rings (SSSR count). The van der Waals surface area contributed by atoms with Crippen LogP contribution in [0.3, 0.4) is 0 Å². The third-order valence-electron chi connectivity index (χ3n) is 3.13. The first-order valence-corrected chi connectivity index (χ1v) is 7.35. The van der Waals surface area contributed by atoms with Gasteiger partial charge in [0, 0.05) is 16.5 Å². The van der Waals surface area contributed by atoms with Gasteiger partial charge < -0.3 is 4.74 Å². The fraction of sp³-hybridized carbons (Fsp3) is 0.200. The molecule has 0 heterocycles. The van der Waals surface area contributed by atoms with Crippen LogP contribution in [0, 0.1) is 5.82 Å². The fourth-order valence-electron chi connectivity index (χ4n) is 2.03. The quantitative estimate of drug-likeness (QED) is 0.505. The zero-order valence-corrected chi connectivity index (χ0v) is 12.2. The summed E-state index contributed by atoms with van der Waals surface area (Å²) < 4.78 is 19.1. The molecule has 2 aromatic rings. The third kappa shape index (κ3) is 3.12. The Morgan fingerprint density at radius 1 is 1.20 bits per heavy atom. The number of hydrazine groups is 1. The second kappa shape index (κ2) is 6.74. The molecule has 0 aliphatic carbocycles. The molecule has 0 spiro atoms. The topological polar surface area (TPSA) is 47.3 Å². The normalized spacial score (nSPS) is 12.2. The predicted octanol–water partition coefficient (Wildman–Crippen LogP) is 3.11. The molecule has 0 bridgehead atoms. The summed E-state index contributed by atoms with van der Waals surface area (Å²) in [6.45, 7) is 0. The maximum absolute atomic E-state index is 14.1. The summed E-state index contributed by atoms with van der Waals surface area (Å²) in [6.07, 6.45) is 2.01. The molecule has 0 aliphatic rings. The summed E-state index contributed by atoms with van der Waals surface area (Å²) in [5, 5.41) is 0. The van der Waals surface area contributed by atoms with Crippen molar-refractivity contribution in [2.75, 3.05) is 13.4 Å². The Kier molecular flexibility index (Phi) is 5.00. The average molecular weight is 292 g/mol. The van der Waals surface area contributed by atoms with E-state index in [1.165, 1.54) is 13.2 Å². The molecular weight excluding hydrogens is 275 g/mol. The van der Waals surface area contributed by atoms with Gasteiger partial charge in [-0.25, -0.2) is 9.82 Å². The van der Waals surface area contributed by atoms with E-state index in [0.29, 0.717) is 11.3 Å². The summed E-state index contributed by atoms with van der Waals surface area (Å²) >= 11 is 1.66. The lowest BCUT2D eigenvalue weighted by atomic mass is 9.99. The zero-order valence-electron chi connectivity index (χ0n) is 11.4. The fourth-order valence-corrected chi connectivity index (χ4v) is 2.44. The molecule has 0 radical (unpaired) electrons. The van der Waals surface area contributed by atoms with Crippen LogP contribution < -0.4 is 16.0 Å². The molecule has 1 atom stereocenters. The standard InChI is InChI=1S/C15H17FN2OS/c1-19-11-5-8-13(14(16)9-11)15(18-17)10-3-6-12(20-2)7-4-10/h3-9,15,18H,17H2,1-2H3. The van der Waals surface area contributed by atoms with Gasteiger partial charge in [-0.1, -0.05) is 18.2 Å². The number of hydrogen-bond acceptors (Lipinski definition) is 4. The first-order valence-electron chi connectivity index (χ1n) is 6.13. The van der Waals surface area contributed by atoms with Crippen LogP contribution in [0.4, 0.5) is 4.39 Å². The largest absolute Gasteiger partial charge is 0.497 e. The van der Waals surface area contributed by atoms with Crippen molar-refractivity contribution < 1.29 is 9.13 Å². The Balaban J connectivity index is 2.35. The maximum Gasteiger partial charge on any atom is 0.132 e. The van der Waals surface area contributed by atoms with E-state index in [1.807, 2.05) is 30.5 Å². The van der Waals surface area contributed by atoms with Crippen molar-refractivity contribution in [1.29, 1.82) is 0 Å². The summed E-state index contributed by atoms with van der Waals surface area (Å²) in [5.74, 6) is 5.73. The second-order valence-corrected chi connectivity index (χ2v) is 5.14. The Hall–Kier alpha value is -1.56. The van der Waals surface area contributed by atoms with Gasteiger partial charge in [-0.05, 0) is 30.0 Å². The third-order valence-corrected chi connectivity index (χ3v) is 3.88. The maximum atomic E-state index is 14.1. The molecule has 0 aromatic heterocycles. The predicted molar refractivity (Wildman–Crippen MR) is 80.3 cm³/mol. The van der Waals surface area contributed by atoms with Gasteiger partial charge in [0.1, 0.15) is 11.6 Å². The number of hydrogen-bond donors (Lipinski definition) is 2. The molecule has 0 amide bonds. The van der Waals surface area contributed by atoms with Crippen molar-refractivity contribution in [3.63, 3.8) is 0 Å². The summed E-state index contributed by atoms with van der Waals surface area (Å²) in [5.41, 5.74) is 4.07. The molecule has 3 nitrogen and oxygen atoms in total. The van der Waals surface area contributed by atoms with Crippen LogP contribution in [0.25, 0.3) is 0 Å². The Morgan fingerprint density at radius 3 is 2.40 bits per heavy atom. The minimum Gasteiger partial charge on any atom is -0.497 e. The summed E-state index contributed by atoms with van der Waals surface area (Å²) in [7, 11) is 1.51. The Bertz CT molecular complexity index is 575. The van der Waals surface area contributed by atoms with E-state index in [1.54, 1.807) is 23.9 Å². The first-order chi connectivity index (χ1) is 9.69. The van der Waals surface area contributed by atoms with E-state index in [9.17, 15) is 4.39 Å². The van der Waals surface area contributed by atoms with Gasteiger partial charge in [-0.15, -0.1) is 11.8 Å². The number of benzene rings is 2. The number of nitrogens with two attached hydrogens (primary N) is 1. The molecule has 0 aliphatic heterocycles. The monoisotopic (exact) mass is 292 g/mol. The molecular formula is C15H17FN2OS. The first kappa shape index (κ1) is 14.8. The SMILES string of the molecule is COc1ccc(C(NN)c2ccc(SC)cc2)c(F)c1. The lowest BCUT2D eigenvalue weighted by Gasteiger charge is -2.18. The van der Waals surface area contributed by atoms with E-state index in [4.69, 9.17) is 10.6 Å². The highest BCUT2D eigenvalue weighted by Gasteiger charge is 2.17. The van der Waals surface area contributed by atoms with Crippen molar-refractivity contribution in [3.05, 3.63) is 59.4 Å². The van der Waals surface area contributed by atoms with Crippen LogP contribution in [0.2, 0.25) is 0 Å². The van der Waals surface area contributed by atoms with Crippen molar-refractivity contribution in [2.24, 2.45) is 5.84 Å². The van der Waals surface area contributed by atoms with E-state index in [2.05, 4.69) is 5.43 Å². The second-order valence-electron chi connectivity index (χ2n) is 4.26. The number of rotatable bonds is 5.